The van der Waals surface area contributed by atoms with Gasteiger partial charge in [-0.05, 0) is 26.0 Å². The van der Waals surface area contributed by atoms with Gasteiger partial charge < -0.3 is 10.0 Å². The van der Waals surface area contributed by atoms with Crippen LogP contribution in [0.25, 0.3) is 0 Å². The van der Waals surface area contributed by atoms with E-state index in [1.807, 2.05) is 19.9 Å². The van der Waals surface area contributed by atoms with Gasteiger partial charge in [-0.25, -0.2) is 9.79 Å². The highest BCUT2D eigenvalue weighted by molar-refractivity contribution is 8.15. The summed E-state index contributed by atoms with van der Waals surface area (Å²) < 4.78 is 1.88. The Hall–Kier alpha value is -2.81. The molecule has 8 nitrogen and oxygen atoms in total. The second-order valence-corrected chi connectivity index (χ2v) is 6.98. The Labute approximate surface area is 167 Å². The van der Waals surface area contributed by atoms with Gasteiger partial charge in [0.25, 0.3) is 5.56 Å². The van der Waals surface area contributed by atoms with Crippen molar-refractivity contribution in [1.82, 2.24) is 14.0 Å². The van der Waals surface area contributed by atoms with Crippen LogP contribution >= 0.6 is 11.8 Å². The van der Waals surface area contributed by atoms with Gasteiger partial charge in [-0.2, -0.15) is 0 Å². The summed E-state index contributed by atoms with van der Waals surface area (Å²) in [6, 6.07) is 8.91. The average Bonchev–Trinajstić information content (AvgIpc) is 2.70. The number of aliphatic imine (C=N–C) groups is 1. The number of aromatic nitrogens is 2. The van der Waals surface area contributed by atoms with Gasteiger partial charge in [0.1, 0.15) is 10.6 Å². The predicted molar refractivity (Wildman–Crippen MR) is 112 cm³/mol. The number of thioether (sulfide) groups is 1. The molecule has 1 aromatic heterocycles. The maximum atomic E-state index is 12.7. The number of benzene rings is 1. The summed E-state index contributed by atoms with van der Waals surface area (Å²) in [7, 11) is 2.70. The van der Waals surface area contributed by atoms with Crippen LogP contribution in [0.15, 0.2) is 44.9 Å². The second-order valence-electron chi connectivity index (χ2n) is 6.01. The van der Waals surface area contributed by atoms with Gasteiger partial charge in [0.05, 0.1) is 11.4 Å². The van der Waals surface area contributed by atoms with Crippen LogP contribution in [0.5, 0.6) is 5.88 Å². The molecule has 0 spiro atoms. The quantitative estimate of drug-likeness (QED) is 0.581. The summed E-state index contributed by atoms with van der Waals surface area (Å²) in [5.41, 5.74) is -0.853. The SMILES string of the molecule is CCN(CC)C(=O)CSC(=Nc1ccccc1)c1c(O)n(C)c(=O)n(C)c1=O. The lowest BCUT2D eigenvalue weighted by atomic mass is 10.3. The normalized spacial score (nSPS) is 11.5. The van der Waals surface area contributed by atoms with Crippen molar-refractivity contribution in [2.24, 2.45) is 19.1 Å². The molecule has 0 saturated heterocycles. The first-order valence-electron chi connectivity index (χ1n) is 8.85. The summed E-state index contributed by atoms with van der Waals surface area (Å²) in [6.45, 7) is 4.93. The van der Waals surface area contributed by atoms with Crippen LogP contribution in [-0.2, 0) is 18.9 Å². The number of carbonyl (C=O) groups excluding carboxylic acids is 1. The number of amides is 1. The number of hydrogen-bond acceptors (Lipinski definition) is 6. The minimum Gasteiger partial charge on any atom is -0.494 e. The molecule has 0 unspecified atom stereocenters. The lowest BCUT2D eigenvalue weighted by Crippen LogP contribution is -2.40. The summed E-state index contributed by atoms with van der Waals surface area (Å²) >= 11 is 1.06. The number of para-hydroxylation sites is 1. The number of carbonyl (C=O) groups is 1. The van der Waals surface area contributed by atoms with E-state index < -0.39 is 17.1 Å². The monoisotopic (exact) mass is 404 g/mol. The maximum absolute atomic E-state index is 12.7. The van der Waals surface area contributed by atoms with Gasteiger partial charge in [0.15, 0.2) is 0 Å². The van der Waals surface area contributed by atoms with E-state index >= 15 is 0 Å². The minimum atomic E-state index is -0.668. The first-order valence-corrected chi connectivity index (χ1v) is 9.83. The largest absolute Gasteiger partial charge is 0.494 e. The third-order valence-corrected chi connectivity index (χ3v) is 5.24. The molecule has 28 heavy (non-hydrogen) atoms. The van der Waals surface area contributed by atoms with Gasteiger partial charge in [0, 0.05) is 27.2 Å². The van der Waals surface area contributed by atoms with E-state index in [1.54, 1.807) is 29.2 Å². The van der Waals surface area contributed by atoms with Gasteiger partial charge in [-0.3, -0.25) is 18.7 Å². The van der Waals surface area contributed by atoms with Crippen molar-refractivity contribution in [3.8, 4) is 5.88 Å². The van der Waals surface area contributed by atoms with Crippen molar-refractivity contribution in [2.75, 3.05) is 18.8 Å². The highest BCUT2D eigenvalue weighted by Gasteiger charge is 2.22. The second kappa shape index (κ2) is 9.41. The molecule has 0 fully saturated rings. The Morgan fingerprint density at radius 3 is 2.29 bits per heavy atom. The molecule has 1 heterocycles. The molecule has 0 aliphatic heterocycles. The van der Waals surface area contributed by atoms with Crippen molar-refractivity contribution in [3.63, 3.8) is 0 Å². The van der Waals surface area contributed by atoms with Crippen molar-refractivity contribution in [1.29, 1.82) is 0 Å². The Kier molecular flexibility index (Phi) is 7.22. The van der Waals surface area contributed by atoms with Crippen molar-refractivity contribution >= 4 is 28.4 Å². The smallest absolute Gasteiger partial charge is 0.333 e. The van der Waals surface area contributed by atoms with E-state index in [1.165, 1.54) is 14.1 Å². The standard InChI is InChI=1S/C19H24N4O4S/c1-5-23(6-2)14(24)12-28-16(20-13-10-8-7-9-11-13)15-17(25)21(3)19(27)22(4)18(15)26/h7-11,25H,5-6,12H2,1-4H3. The molecule has 1 aromatic carbocycles. The van der Waals surface area contributed by atoms with E-state index in [0.29, 0.717) is 18.8 Å². The molecule has 0 radical (unpaired) electrons. The molecule has 0 aliphatic rings. The van der Waals surface area contributed by atoms with Crippen LogP contribution in [0.2, 0.25) is 0 Å². The fourth-order valence-electron chi connectivity index (χ4n) is 2.60. The summed E-state index contributed by atoms with van der Waals surface area (Å²) in [5.74, 6) is -0.527. The van der Waals surface area contributed by atoms with E-state index in [4.69, 9.17) is 0 Å². The Bertz CT molecular complexity index is 991. The third kappa shape index (κ3) is 4.53. The number of hydrogen-bond donors (Lipinski definition) is 1. The fraction of sp³-hybridized carbons (Fsp3) is 0.368. The molecule has 0 aliphatic carbocycles. The number of rotatable bonds is 6. The highest BCUT2D eigenvalue weighted by Crippen LogP contribution is 2.23. The lowest BCUT2D eigenvalue weighted by Gasteiger charge is -2.18. The zero-order chi connectivity index (χ0) is 20.8. The molecule has 1 amide bonds. The van der Waals surface area contributed by atoms with Crippen LogP contribution in [0, 0.1) is 0 Å². The van der Waals surface area contributed by atoms with E-state index in [0.717, 1.165) is 20.9 Å². The summed E-state index contributed by atoms with van der Waals surface area (Å²) in [6.07, 6.45) is 0. The van der Waals surface area contributed by atoms with Crippen molar-refractivity contribution < 1.29 is 9.90 Å². The summed E-state index contributed by atoms with van der Waals surface area (Å²) in [4.78, 5) is 43.3. The Morgan fingerprint density at radius 1 is 1.11 bits per heavy atom. The van der Waals surface area contributed by atoms with Crippen LogP contribution in [0.1, 0.15) is 19.4 Å². The van der Waals surface area contributed by atoms with Crippen LogP contribution in [-0.4, -0.2) is 48.9 Å². The molecule has 150 valence electrons. The zero-order valence-electron chi connectivity index (χ0n) is 16.4. The summed E-state index contributed by atoms with van der Waals surface area (Å²) in [5, 5.41) is 10.6. The zero-order valence-corrected chi connectivity index (χ0v) is 17.2. The van der Waals surface area contributed by atoms with Crippen LogP contribution in [0.3, 0.4) is 0 Å². The first kappa shape index (κ1) is 21.5. The molecular weight excluding hydrogens is 380 g/mol. The van der Waals surface area contributed by atoms with E-state index in [-0.39, 0.29) is 22.3 Å². The van der Waals surface area contributed by atoms with Crippen LogP contribution in [0.4, 0.5) is 5.69 Å². The Balaban J connectivity index is 2.55. The molecule has 0 saturated carbocycles. The van der Waals surface area contributed by atoms with E-state index in [9.17, 15) is 19.5 Å². The topological polar surface area (TPSA) is 96.9 Å². The van der Waals surface area contributed by atoms with Gasteiger partial charge in [-0.15, -0.1) is 0 Å². The molecule has 2 aromatic rings. The van der Waals surface area contributed by atoms with Gasteiger partial charge in [-0.1, -0.05) is 30.0 Å². The van der Waals surface area contributed by atoms with Crippen molar-refractivity contribution in [2.45, 2.75) is 13.8 Å². The molecular formula is C19H24N4O4S. The molecule has 1 N–H and O–H groups in total. The molecule has 2 rings (SSSR count). The molecule has 0 bridgehead atoms. The van der Waals surface area contributed by atoms with Gasteiger partial charge in [0.2, 0.25) is 11.8 Å². The fourth-order valence-corrected chi connectivity index (χ4v) is 3.53. The van der Waals surface area contributed by atoms with Crippen LogP contribution < -0.4 is 11.2 Å². The number of aromatic hydroxyl groups is 1. The highest BCUT2D eigenvalue weighted by atomic mass is 32.2. The minimum absolute atomic E-state index is 0.0543. The molecule has 9 heteroatoms. The third-order valence-electron chi connectivity index (χ3n) is 4.28. The average molecular weight is 404 g/mol. The Morgan fingerprint density at radius 2 is 1.71 bits per heavy atom. The molecule has 0 atom stereocenters. The van der Waals surface area contributed by atoms with Gasteiger partial charge >= 0.3 is 5.69 Å². The predicted octanol–water partition coefficient (Wildman–Crippen LogP) is 1.47. The maximum Gasteiger partial charge on any atom is 0.333 e. The first-order chi connectivity index (χ1) is 13.3. The number of nitrogens with zero attached hydrogens (tertiary/aromatic N) is 4. The van der Waals surface area contributed by atoms with Crippen molar-refractivity contribution in [3.05, 3.63) is 56.7 Å². The van der Waals surface area contributed by atoms with E-state index in [2.05, 4.69) is 4.99 Å². The lowest BCUT2D eigenvalue weighted by molar-refractivity contribution is -0.127.